The molecule has 26 heavy (non-hydrogen) atoms. The SMILES string of the molecule is CCC(C)NS(=O)(=O)c1ccc(C(=O)NC2CC3CCC(C2)N3)cc1.Cl. The van der Waals surface area contributed by atoms with Gasteiger partial charge in [0.15, 0.2) is 0 Å². The van der Waals surface area contributed by atoms with Crippen LogP contribution in [0, 0.1) is 0 Å². The maximum Gasteiger partial charge on any atom is 0.251 e. The van der Waals surface area contributed by atoms with Crippen LogP contribution in [0.25, 0.3) is 0 Å². The number of amides is 1. The lowest BCUT2D eigenvalue weighted by Gasteiger charge is -2.29. The van der Waals surface area contributed by atoms with E-state index in [0.29, 0.717) is 17.6 Å². The molecular weight excluding hydrogens is 374 g/mol. The summed E-state index contributed by atoms with van der Waals surface area (Å²) in [7, 11) is -3.54. The molecule has 8 heteroatoms. The van der Waals surface area contributed by atoms with Gasteiger partial charge in [-0.25, -0.2) is 13.1 Å². The summed E-state index contributed by atoms with van der Waals surface area (Å²) in [5, 5.41) is 6.64. The van der Waals surface area contributed by atoms with Gasteiger partial charge in [0, 0.05) is 29.7 Å². The van der Waals surface area contributed by atoms with Crippen molar-refractivity contribution in [2.75, 3.05) is 0 Å². The van der Waals surface area contributed by atoms with E-state index >= 15 is 0 Å². The van der Waals surface area contributed by atoms with E-state index in [9.17, 15) is 13.2 Å². The Bertz CT molecular complexity index is 712. The molecule has 0 aromatic heterocycles. The quantitative estimate of drug-likeness (QED) is 0.681. The lowest BCUT2D eigenvalue weighted by molar-refractivity contribution is 0.0924. The Morgan fingerprint density at radius 1 is 1.19 bits per heavy atom. The van der Waals surface area contributed by atoms with E-state index in [-0.39, 0.29) is 35.3 Å². The summed E-state index contributed by atoms with van der Waals surface area (Å²) in [6.07, 6.45) is 5.03. The molecule has 2 fully saturated rings. The minimum absolute atomic E-state index is 0. The fraction of sp³-hybridized carbons (Fsp3) is 0.611. The molecule has 3 rings (SSSR count). The van der Waals surface area contributed by atoms with Crippen LogP contribution in [0.1, 0.15) is 56.3 Å². The number of carbonyl (C=O) groups is 1. The maximum atomic E-state index is 12.4. The van der Waals surface area contributed by atoms with Crippen LogP contribution in [0.3, 0.4) is 0 Å². The predicted octanol–water partition coefficient (Wildman–Crippen LogP) is 2.20. The summed E-state index contributed by atoms with van der Waals surface area (Å²) in [6, 6.07) is 7.25. The van der Waals surface area contributed by atoms with Crippen LogP contribution in [-0.4, -0.2) is 38.5 Å². The largest absolute Gasteiger partial charge is 0.349 e. The number of rotatable bonds is 6. The Hall–Kier alpha value is -1.15. The predicted molar refractivity (Wildman–Crippen MR) is 104 cm³/mol. The van der Waals surface area contributed by atoms with Gasteiger partial charge >= 0.3 is 0 Å². The first-order chi connectivity index (χ1) is 11.9. The van der Waals surface area contributed by atoms with Crippen molar-refractivity contribution in [3.8, 4) is 0 Å². The smallest absolute Gasteiger partial charge is 0.251 e. The van der Waals surface area contributed by atoms with E-state index in [1.165, 1.54) is 25.0 Å². The standard InChI is InChI=1S/C18H27N3O3S.ClH/c1-3-12(2)21-25(23,24)17-8-4-13(5-9-17)18(22)20-16-10-14-6-7-15(11-16)19-14;/h4-5,8-9,12,14-16,19,21H,3,6-7,10-11H2,1-2H3,(H,20,22);1H. The minimum atomic E-state index is -3.54. The number of carbonyl (C=O) groups excluding carboxylic acids is 1. The van der Waals surface area contributed by atoms with Crippen molar-refractivity contribution < 1.29 is 13.2 Å². The molecule has 1 aromatic rings. The number of fused-ring (bicyclic) bond motifs is 2. The van der Waals surface area contributed by atoms with Crippen LogP contribution in [0.5, 0.6) is 0 Å². The summed E-state index contributed by atoms with van der Waals surface area (Å²) >= 11 is 0. The van der Waals surface area contributed by atoms with Gasteiger partial charge in [-0.1, -0.05) is 6.92 Å². The first kappa shape index (κ1) is 21.2. The summed E-state index contributed by atoms with van der Waals surface area (Å²) in [4.78, 5) is 12.6. The Balaban J connectivity index is 0.00000243. The van der Waals surface area contributed by atoms with Crippen LogP contribution in [0.15, 0.2) is 29.2 Å². The lowest BCUT2D eigenvalue weighted by Crippen LogP contribution is -2.48. The average Bonchev–Trinajstić information content (AvgIpc) is 2.93. The van der Waals surface area contributed by atoms with Crippen molar-refractivity contribution in [2.24, 2.45) is 0 Å². The highest BCUT2D eigenvalue weighted by molar-refractivity contribution is 7.89. The second-order valence-corrected chi connectivity index (χ2v) is 8.95. The van der Waals surface area contributed by atoms with E-state index < -0.39 is 10.0 Å². The van der Waals surface area contributed by atoms with Crippen LogP contribution in [0.2, 0.25) is 0 Å². The van der Waals surface area contributed by atoms with Crippen LogP contribution in [0.4, 0.5) is 0 Å². The van der Waals surface area contributed by atoms with Crippen molar-refractivity contribution >= 4 is 28.3 Å². The molecule has 1 amide bonds. The molecule has 2 aliphatic rings. The van der Waals surface area contributed by atoms with Gasteiger partial charge in [-0.2, -0.15) is 0 Å². The van der Waals surface area contributed by atoms with Crippen molar-refractivity contribution in [2.45, 2.75) is 75.0 Å². The summed E-state index contributed by atoms with van der Waals surface area (Å²) in [5.41, 5.74) is 0.494. The molecule has 0 aliphatic carbocycles. The monoisotopic (exact) mass is 401 g/mol. The van der Waals surface area contributed by atoms with Gasteiger partial charge in [-0.15, -0.1) is 12.4 Å². The van der Waals surface area contributed by atoms with Crippen molar-refractivity contribution in [3.63, 3.8) is 0 Å². The molecule has 0 spiro atoms. The summed E-state index contributed by atoms with van der Waals surface area (Å²) < 4.78 is 27.1. The molecule has 3 atom stereocenters. The number of piperidine rings is 1. The third-order valence-electron chi connectivity index (χ3n) is 5.20. The van der Waals surface area contributed by atoms with Gasteiger partial charge in [-0.3, -0.25) is 4.79 Å². The molecular formula is C18H28ClN3O3S. The molecule has 3 N–H and O–H groups in total. The van der Waals surface area contributed by atoms with Gasteiger partial charge in [0.05, 0.1) is 4.90 Å². The molecule has 2 bridgehead atoms. The molecule has 2 saturated heterocycles. The third-order valence-corrected chi connectivity index (χ3v) is 6.81. The zero-order valence-electron chi connectivity index (χ0n) is 15.2. The summed E-state index contributed by atoms with van der Waals surface area (Å²) in [5.74, 6) is -0.134. The molecule has 0 saturated carbocycles. The van der Waals surface area contributed by atoms with Crippen LogP contribution >= 0.6 is 12.4 Å². The number of hydrogen-bond donors (Lipinski definition) is 3. The van der Waals surface area contributed by atoms with Crippen molar-refractivity contribution in [1.29, 1.82) is 0 Å². The first-order valence-corrected chi connectivity index (χ1v) is 10.5. The average molecular weight is 402 g/mol. The molecule has 6 nitrogen and oxygen atoms in total. The fourth-order valence-corrected chi connectivity index (χ4v) is 4.97. The Kier molecular flexibility index (Phi) is 7.07. The molecule has 2 heterocycles. The number of nitrogens with one attached hydrogen (secondary N) is 3. The van der Waals surface area contributed by atoms with Gasteiger partial charge in [0.2, 0.25) is 10.0 Å². The molecule has 0 radical (unpaired) electrons. The van der Waals surface area contributed by atoms with Gasteiger partial charge in [-0.05, 0) is 63.3 Å². The number of hydrogen-bond acceptors (Lipinski definition) is 4. The van der Waals surface area contributed by atoms with Crippen molar-refractivity contribution in [1.82, 2.24) is 15.4 Å². The van der Waals surface area contributed by atoms with Gasteiger partial charge in [0.1, 0.15) is 0 Å². The minimum Gasteiger partial charge on any atom is -0.349 e. The van der Waals surface area contributed by atoms with Crippen LogP contribution < -0.4 is 15.4 Å². The van der Waals surface area contributed by atoms with E-state index in [1.807, 2.05) is 13.8 Å². The highest BCUT2D eigenvalue weighted by Crippen LogP contribution is 2.27. The fourth-order valence-electron chi connectivity index (χ4n) is 3.65. The Labute approximate surface area is 162 Å². The molecule has 146 valence electrons. The Morgan fingerprint density at radius 3 is 2.31 bits per heavy atom. The normalized spacial score (nSPS) is 26.0. The van der Waals surface area contributed by atoms with Gasteiger partial charge in [0.25, 0.3) is 5.91 Å². The first-order valence-electron chi connectivity index (χ1n) is 9.06. The zero-order chi connectivity index (χ0) is 18.0. The highest BCUT2D eigenvalue weighted by atomic mass is 35.5. The van der Waals surface area contributed by atoms with Crippen LogP contribution in [-0.2, 0) is 10.0 Å². The van der Waals surface area contributed by atoms with E-state index in [1.54, 1.807) is 12.1 Å². The summed E-state index contributed by atoms with van der Waals surface area (Å²) in [6.45, 7) is 3.75. The number of halogens is 1. The molecule has 2 aliphatic heterocycles. The van der Waals surface area contributed by atoms with E-state index in [0.717, 1.165) is 19.3 Å². The third kappa shape index (κ3) is 4.97. The maximum absolute atomic E-state index is 12.4. The number of sulfonamides is 1. The second-order valence-electron chi connectivity index (χ2n) is 7.23. The Morgan fingerprint density at radius 2 is 1.77 bits per heavy atom. The van der Waals surface area contributed by atoms with E-state index in [2.05, 4.69) is 15.4 Å². The number of benzene rings is 1. The topological polar surface area (TPSA) is 87.3 Å². The van der Waals surface area contributed by atoms with Crippen molar-refractivity contribution in [3.05, 3.63) is 29.8 Å². The highest BCUT2D eigenvalue weighted by Gasteiger charge is 2.34. The molecule has 1 aromatic carbocycles. The van der Waals surface area contributed by atoms with Gasteiger partial charge < -0.3 is 10.6 Å². The zero-order valence-corrected chi connectivity index (χ0v) is 16.8. The second kappa shape index (κ2) is 8.69. The lowest BCUT2D eigenvalue weighted by atomic mass is 9.99. The molecule has 3 unspecified atom stereocenters. The van der Waals surface area contributed by atoms with E-state index in [4.69, 9.17) is 0 Å².